The molecule has 0 aliphatic heterocycles. The number of aromatic carboxylic acids is 1. The molecular formula is C14H9BrClFO2. The van der Waals surface area contributed by atoms with Crippen LogP contribution in [0.15, 0.2) is 34.8 Å². The number of hydrogen-bond acceptors (Lipinski definition) is 1. The van der Waals surface area contributed by atoms with Crippen LogP contribution in [0.5, 0.6) is 0 Å². The molecule has 0 bridgehead atoms. The van der Waals surface area contributed by atoms with Crippen molar-refractivity contribution < 1.29 is 14.3 Å². The lowest BCUT2D eigenvalue weighted by Gasteiger charge is -2.09. The molecule has 2 rings (SSSR count). The minimum Gasteiger partial charge on any atom is -0.478 e. The molecule has 0 saturated heterocycles. The fourth-order valence-corrected chi connectivity index (χ4v) is 2.24. The Kier molecular flexibility index (Phi) is 3.92. The molecule has 0 spiro atoms. The predicted octanol–water partition coefficient (Wildman–Crippen LogP) is 4.92. The van der Waals surface area contributed by atoms with E-state index in [0.717, 1.165) is 0 Å². The molecular weight excluding hydrogens is 335 g/mol. The van der Waals surface area contributed by atoms with Gasteiger partial charge in [-0.25, -0.2) is 9.18 Å². The zero-order chi connectivity index (χ0) is 14.2. The average molecular weight is 344 g/mol. The van der Waals surface area contributed by atoms with E-state index in [2.05, 4.69) is 15.9 Å². The third-order valence-electron chi connectivity index (χ3n) is 2.81. The van der Waals surface area contributed by atoms with Gasteiger partial charge in [-0.15, -0.1) is 0 Å². The van der Waals surface area contributed by atoms with Crippen molar-refractivity contribution in [3.63, 3.8) is 0 Å². The van der Waals surface area contributed by atoms with Crippen molar-refractivity contribution in [2.75, 3.05) is 0 Å². The van der Waals surface area contributed by atoms with E-state index in [-0.39, 0.29) is 16.1 Å². The van der Waals surface area contributed by atoms with E-state index < -0.39 is 11.8 Å². The van der Waals surface area contributed by atoms with Crippen molar-refractivity contribution in [1.82, 2.24) is 0 Å². The maximum absolute atomic E-state index is 14.1. The quantitative estimate of drug-likeness (QED) is 0.786. The molecule has 0 amide bonds. The Morgan fingerprint density at radius 2 is 2.00 bits per heavy atom. The van der Waals surface area contributed by atoms with Crippen molar-refractivity contribution in [3.05, 3.63) is 56.8 Å². The van der Waals surface area contributed by atoms with E-state index in [1.807, 2.05) is 0 Å². The monoisotopic (exact) mass is 342 g/mol. The maximum atomic E-state index is 14.1. The van der Waals surface area contributed by atoms with E-state index >= 15 is 0 Å². The second-order valence-electron chi connectivity index (χ2n) is 4.06. The molecule has 2 nitrogen and oxygen atoms in total. The van der Waals surface area contributed by atoms with Crippen molar-refractivity contribution in [2.24, 2.45) is 0 Å². The number of hydrogen-bond donors (Lipinski definition) is 1. The standard InChI is InChI=1S/C14H9BrClFO2/c1-7-2-3-8(6-10(7)14(18)19)9-4-5-11(15)12(16)13(9)17/h2-6H,1H3,(H,18,19). The summed E-state index contributed by atoms with van der Waals surface area (Å²) in [6.07, 6.45) is 0. The van der Waals surface area contributed by atoms with E-state index in [1.165, 1.54) is 6.07 Å². The molecule has 0 radical (unpaired) electrons. The summed E-state index contributed by atoms with van der Waals surface area (Å²) in [5.74, 6) is -1.61. The lowest BCUT2D eigenvalue weighted by atomic mass is 9.99. The van der Waals surface area contributed by atoms with Gasteiger partial charge in [-0.2, -0.15) is 0 Å². The summed E-state index contributed by atoms with van der Waals surface area (Å²) >= 11 is 8.96. The minimum atomic E-state index is -1.04. The maximum Gasteiger partial charge on any atom is 0.335 e. The Balaban J connectivity index is 2.63. The number of aryl methyl sites for hydroxylation is 1. The van der Waals surface area contributed by atoms with Crippen LogP contribution in [0.4, 0.5) is 4.39 Å². The molecule has 19 heavy (non-hydrogen) atoms. The first-order valence-electron chi connectivity index (χ1n) is 5.39. The van der Waals surface area contributed by atoms with Gasteiger partial charge in [0.05, 0.1) is 10.6 Å². The fraction of sp³-hybridized carbons (Fsp3) is 0.0714. The highest BCUT2D eigenvalue weighted by molar-refractivity contribution is 9.10. The average Bonchev–Trinajstić information content (AvgIpc) is 2.37. The van der Waals surface area contributed by atoms with Crippen LogP contribution in [0.1, 0.15) is 15.9 Å². The van der Waals surface area contributed by atoms with Crippen molar-refractivity contribution in [3.8, 4) is 11.1 Å². The molecule has 2 aromatic carbocycles. The topological polar surface area (TPSA) is 37.3 Å². The first-order valence-corrected chi connectivity index (χ1v) is 6.56. The second-order valence-corrected chi connectivity index (χ2v) is 5.29. The van der Waals surface area contributed by atoms with Crippen LogP contribution >= 0.6 is 27.5 Å². The summed E-state index contributed by atoms with van der Waals surface area (Å²) in [6.45, 7) is 1.69. The van der Waals surface area contributed by atoms with Gasteiger partial charge in [0, 0.05) is 10.0 Å². The molecule has 0 aliphatic rings. The number of carboxylic acids is 1. The Hall–Kier alpha value is -1.39. The Bertz CT molecular complexity index is 671. The van der Waals surface area contributed by atoms with Crippen LogP contribution in [0.2, 0.25) is 5.02 Å². The van der Waals surface area contributed by atoms with Crippen LogP contribution in [0.25, 0.3) is 11.1 Å². The number of halogens is 3. The minimum absolute atomic E-state index is 0.0186. The summed E-state index contributed by atoms with van der Waals surface area (Å²) in [5.41, 5.74) is 1.53. The summed E-state index contributed by atoms with van der Waals surface area (Å²) in [4.78, 5) is 11.1. The lowest BCUT2D eigenvalue weighted by molar-refractivity contribution is 0.0696. The summed E-state index contributed by atoms with van der Waals surface area (Å²) < 4.78 is 14.5. The third kappa shape index (κ3) is 2.65. The van der Waals surface area contributed by atoms with Gasteiger partial charge < -0.3 is 5.11 Å². The lowest BCUT2D eigenvalue weighted by Crippen LogP contribution is -2.00. The number of benzene rings is 2. The SMILES string of the molecule is Cc1ccc(-c2ccc(Br)c(Cl)c2F)cc1C(=O)O. The third-order valence-corrected chi connectivity index (χ3v) is 4.07. The smallest absolute Gasteiger partial charge is 0.335 e. The molecule has 0 saturated carbocycles. The van der Waals surface area contributed by atoms with E-state index in [1.54, 1.807) is 31.2 Å². The molecule has 0 atom stereocenters. The van der Waals surface area contributed by atoms with Crippen LogP contribution in [0, 0.1) is 12.7 Å². The normalized spacial score (nSPS) is 10.5. The summed E-state index contributed by atoms with van der Waals surface area (Å²) in [7, 11) is 0. The van der Waals surface area contributed by atoms with Crippen molar-refractivity contribution >= 4 is 33.5 Å². The van der Waals surface area contributed by atoms with Crippen molar-refractivity contribution in [2.45, 2.75) is 6.92 Å². The summed E-state index contributed by atoms with van der Waals surface area (Å²) in [6, 6.07) is 7.95. The van der Waals surface area contributed by atoms with Gasteiger partial charge in [0.1, 0.15) is 0 Å². The highest BCUT2D eigenvalue weighted by Gasteiger charge is 2.14. The van der Waals surface area contributed by atoms with Gasteiger partial charge in [-0.1, -0.05) is 29.8 Å². The van der Waals surface area contributed by atoms with Gasteiger partial charge >= 0.3 is 5.97 Å². The van der Waals surface area contributed by atoms with Gasteiger partial charge in [0.25, 0.3) is 0 Å². The van der Waals surface area contributed by atoms with Crippen LogP contribution in [-0.4, -0.2) is 11.1 Å². The van der Waals surface area contributed by atoms with Crippen LogP contribution < -0.4 is 0 Å². The first kappa shape index (κ1) is 14.0. The van der Waals surface area contributed by atoms with Gasteiger partial charge in [-0.3, -0.25) is 0 Å². The number of rotatable bonds is 2. The van der Waals surface area contributed by atoms with Gasteiger partial charge in [-0.05, 0) is 46.1 Å². The van der Waals surface area contributed by atoms with E-state index in [0.29, 0.717) is 15.6 Å². The largest absolute Gasteiger partial charge is 0.478 e. The Morgan fingerprint density at radius 1 is 1.32 bits per heavy atom. The summed E-state index contributed by atoms with van der Waals surface area (Å²) in [5, 5.41) is 9.06. The van der Waals surface area contributed by atoms with E-state index in [9.17, 15) is 9.18 Å². The van der Waals surface area contributed by atoms with Gasteiger partial charge in [0.2, 0.25) is 0 Å². The van der Waals surface area contributed by atoms with Crippen LogP contribution in [0.3, 0.4) is 0 Å². The highest BCUT2D eigenvalue weighted by atomic mass is 79.9. The number of carbonyl (C=O) groups is 1. The Morgan fingerprint density at radius 3 is 2.63 bits per heavy atom. The molecule has 98 valence electrons. The number of carboxylic acid groups (broad SMARTS) is 1. The predicted molar refractivity (Wildman–Crippen MR) is 76.2 cm³/mol. The zero-order valence-electron chi connectivity index (χ0n) is 9.88. The molecule has 1 N–H and O–H groups in total. The second kappa shape index (κ2) is 5.31. The van der Waals surface area contributed by atoms with Crippen molar-refractivity contribution in [1.29, 1.82) is 0 Å². The highest BCUT2D eigenvalue weighted by Crippen LogP contribution is 2.33. The molecule has 0 heterocycles. The first-order chi connectivity index (χ1) is 8.91. The molecule has 0 fully saturated rings. The molecule has 0 unspecified atom stereocenters. The molecule has 2 aromatic rings. The zero-order valence-corrected chi connectivity index (χ0v) is 12.2. The van der Waals surface area contributed by atoms with Crippen LogP contribution in [-0.2, 0) is 0 Å². The van der Waals surface area contributed by atoms with E-state index in [4.69, 9.17) is 16.7 Å². The molecule has 5 heteroatoms. The fourth-order valence-electron chi connectivity index (χ4n) is 1.77. The van der Waals surface area contributed by atoms with Gasteiger partial charge in [0.15, 0.2) is 5.82 Å². The Labute approximate surface area is 123 Å². The molecule has 0 aliphatic carbocycles. The molecule has 0 aromatic heterocycles.